The van der Waals surface area contributed by atoms with Crippen molar-refractivity contribution in [2.45, 2.75) is 0 Å². The van der Waals surface area contributed by atoms with Gasteiger partial charge in [0, 0.05) is 0 Å². The Bertz CT molecular complexity index is 57.3. The van der Waals surface area contributed by atoms with E-state index in [0.717, 1.165) is 0 Å². The minimum Gasteiger partial charge on any atom is -0.867 e. The van der Waals surface area contributed by atoms with Crippen LogP contribution >= 0.6 is 0 Å². The SMILES string of the molecule is [Ag+].[Ag+].[O-]B([O-])F.[O-][Cl+3]([O-])([O-])[O-]. The molecule has 0 radical (unpaired) electrons. The summed E-state index contributed by atoms with van der Waals surface area (Å²) in [7, 11) is -8.11. The molecule has 0 rings (SSSR count). The maximum atomic E-state index is 9.89. The first kappa shape index (κ1) is 22.9. The molecule has 0 aromatic rings. The van der Waals surface area contributed by atoms with Crippen molar-refractivity contribution in [2.75, 3.05) is 0 Å². The molecule has 76 valence electrons. The van der Waals surface area contributed by atoms with E-state index in [9.17, 15) is 4.32 Å². The summed E-state index contributed by atoms with van der Waals surface area (Å²) in [4.78, 5) is 0. The topological polar surface area (TPSA) is 138 Å². The predicted molar refractivity (Wildman–Crippen MR) is 6.86 cm³/mol. The first-order valence-corrected chi connectivity index (χ1v) is 2.54. The van der Waals surface area contributed by atoms with Crippen LogP contribution in [0.5, 0.6) is 0 Å². The van der Waals surface area contributed by atoms with Gasteiger partial charge in [-0.3, -0.25) is 0 Å². The van der Waals surface area contributed by atoms with Crippen molar-refractivity contribution < 1.29 is 88.0 Å². The molecular weight excluding hydrogens is 377 g/mol. The van der Waals surface area contributed by atoms with Gasteiger partial charge >= 0.3 is 44.8 Å². The second-order valence-corrected chi connectivity index (χ2v) is 1.41. The average Bonchev–Trinajstić information content (AvgIpc) is 1.19. The van der Waals surface area contributed by atoms with Crippen LogP contribution < -0.4 is 28.7 Å². The summed E-state index contributed by atoms with van der Waals surface area (Å²) in [5, 5.41) is 16.6. The predicted octanol–water partition coefficient (Wildman–Crippen LogP) is -7.10. The second kappa shape index (κ2) is 11.5. The standard InChI is InChI=1S/2Ag.BFO2.ClHO4/c;;2-1(3)4;2-1(3,4)5/h;;;(H,2,3,4,5)/q2*+1;-2;/p-1. The Morgan fingerprint density at radius 2 is 0.909 bits per heavy atom. The van der Waals surface area contributed by atoms with Gasteiger partial charge in [-0.15, -0.1) is 10.2 Å². The van der Waals surface area contributed by atoms with Gasteiger partial charge in [0.1, 0.15) is 7.40 Å². The fourth-order valence-corrected chi connectivity index (χ4v) is 0. The van der Waals surface area contributed by atoms with Crippen LogP contribution in [-0.4, -0.2) is 7.40 Å². The summed E-state index contributed by atoms with van der Waals surface area (Å²) in [5.41, 5.74) is 0. The first-order valence-electron chi connectivity index (χ1n) is 1.31. The molecule has 0 unspecified atom stereocenters. The molecule has 0 N–H and O–H groups in total. The van der Waals surface area contributed by atoms with Crippen molar-refractivity contribution in [2.24, 2.45) is 0 Å². The van der Waals surface area contributed by atoms with E-state index in [1.165, 1.54) is 0 Å². The monoisotopic (exact) mass is 375 g/mol. The van der Waals surface area contributed by atoms with E-state index in [4.69, 9.17) is 28.7 Å². The van der Waals surface area contributed by atoms with E-state index in [1.807, 2.05) is 0 Å². The van der Waals surface area contributed by atoms with E-state index >= 15 is 0 Å². The molecular formula is Ag2BClFO6-. The first-order chi connectivity index (χ1) is 3.73. The Balaban J connectivity index is -0.0000000383. The largest absolute Gasteiger partial charge is 1.00 e. The van der Waals surface area contributed by atoms with Crippen molar-refractivity contribution in [1.82, 2.24) is 0 Å². The summed E-state index contributed by atoms with van der Waals surface area (Å²) in [6, 6.07) is 0. The zero-order valence-electron chi connectivity index (χ0n) is 4.39. The molecule has 0 saturated heterocycles. The third-order valence-electron chi connectivity index (χ3n) is 0. The van der Waals surface area contributed by atoms with E-state index in [-0.39, 0.29) is 44.8 Å². The Labute approximate surface area is 95.0 Å². The van der Waals surface area contributed by atoms with Crippen molar-refractivity contribution in [3.63, 3.8) is 0 Å². The molecule has 0 aliphatic heterocycles. The average molecular weight is 377 g/mol. The smallest absolute Gasteiger partial charge is 0.867 e. The fourth-order valence-electron chi connectivity index (χ4n) is 0. The number of hydrogen-bond acceptors (Lipinski definition) is 6. The van der Waals surface area contributed by atoms with E-state index in [0.29, 0.717) is 0 Å². The number of rotatable bonds is 0. The van der Waals surface area contributed by atoms with Gasteiger partial charge in [-0.25, -0.2) is 18.6 Å². The van der Waals surface area contributed by atoms with Gasteiger partial charge in [0.25, 0.3) is 0 Å². The maximum Gasteiger partial charge on any atom is 1.00 e. The molecule has 0 bridgehead atoms. The molecule has 0 aliphatic carbocycles. The van der Waals surface area contributed by atoms with Crippen LogP contribution in [0, 0.1) is 10.2 Å². The van der Waals surface area contributed by atoms with Crippen molar-refractivity contribution in [1.29, 1.82) is 0 Å². The fraction of sp³-hybridized carbons (Fsp3) is 0. The third kappa shape index (κ3) is 449. The molecule has 0 spiro atoms. The summed E-state index contributed by atoms with van der Waals surface area (Å²) in [5.74, 6) is 0. The van der Waals surface area contributed by atoms with Crippen molar-refractivity contribution in [3.8, 4) is 0 Å². The van der Waals surface area contributed by atoms with Crippen LogP contribution in [0.1, 0.15) is 0 Å². The van der Waals surface area contributed by atoms with Gasteiger partial charge in [-0.1, -0.05) is 0 Å². The molecule has 6 nitrogen and oxygen atoms in total. The normalized spacial score (nSPS) is 7.91. The summed E-state index contributed by atoms with van der Waals surface area (Å²) in [6.45, 7) is 0. The van der Waals surface area contributed by atoms with E-state index < -0.39 is 17.6 Å². The van der Waals surface area contributed by atoms with Gasteiger partial charge in [0.2, 0.25) is 0 Å². The zero-order valence-corrected chi connectivity index (χ0v) is 8.11. The van der Waals surface area contributed by atoms with Gasteiger partial charge in [-0.05, 0) is 0 Å². The van der Waals surface area contributed by atoms with Crippen LogP contribution in [0.4, 0.5) is 4.32 Å². The van der Waals surface area contributed by atoms with E-state index in [2.05, 4.69) is 0 Å². The van der Waals surface area contributed by atoms with Gasteiger partial charge in [0.05, 0.1) is 0 Å². The minimum absolute atomic E-state index is 0. The maximum absolute atomic E-state index is 9.89. The molecule has 0 atom stereocenters. The third-order valence-corrected chi connectivity index (χ3v) is 0. The van der Waals surface area contributed by atoms with Crippen LogP contribution in [0.25, 0.3) is 0 Å². The van der Waals surface area contributed by atoms with Crippen molar-refractivity contribution >= 4 is 7.40 Å². The zero-order chi connectivity index (χ0) is 8.08. The van der Waals surface area contributed by atoms with E-state index in [1.54, 1.807) is 0 Å². The van der Waals surface area contributed by atoms with Crippen LogP contribution in [0.3, 0.4) is 0 Å². The molecule has 11 heteroatoms. The second-order valence-electron chi connectivity index (χ2n) is 0.652. The molecule has 0 aromatic carbocycles. The number of halogens is 2. The Morgan fingerprint density at radius 3 is 0.909 bits per heavy atom. The van der Waals surface area contributed by atoms with Gasteiger partial charge in [-0.2, -0.15) is 0 Å². The quantitative estimate of drug-likeness (QED) is 0.385. The molecule has 11 heavy (non-hydrogen) atoms. The molecule has 0 amide bonds. The molecule has 0 aromatic heterocycles. The van der Waals surface area contributed by atoms with Crippen LogP contribution in [0.2, 0.25) is 0 Å². The summed E-state index contributed by atoms with van der Waals surface area (Å²) < 4.78 is 43.9. The van der Waals surface area contributed by atoms with Crippen molar-refractivity contribution in [3.05, 3.63) is 0 Å². The van der Waals surface area contributed by atoms with Crippen LogP contribution in [-0.2, 0) is 44.8 Å². The molecule has 0 aliphatic rings. The summed E-state index contributed by atoms with van der Waals surface area (Å²) >= 11 is 0. The minimum atomic E-state index is -4.94. The number of hydrogen-bond donors (Lipinski definition) is 0. The Kier molecular flexibility index (Phi) is 24.0. The van der Waals surface area contributed by atoms with Crippen LogP contribution in [0.15, 0.2) is 0 Å². The molecule has 0 fully saturated rings. The Morgan fingerprint density at radius 1 is 0.909 bits per heavy atom. The van der Waals surface area contributed by atoms with Gasteiger partial charge < -0.3 is 14.4 Å². The molecule has 0 saturated carbocycles. The molecule has 0 heterocycles. The Hall–Kier alpha value is 1.53. The summed E-state index contributed by atoms with van der Waals surface area (Å²) in [6.07, 6.45) is 0. The van der Waals surface area contributed by atoms with Gasteiger partial charge in [0.15, 0.2) is 0 Å².